The number of carbonyl (C=O) groups is 1. The highest BCUT2D eigenvalue weighted by atomic mass is 32.2. The molecular formula is C20H20F6N4O4S. The molecule has 0 radical (unpaired) electrons. The first kappa shape index (κ1) is 26.5. The number of hydrogen-bond acceptors (Lipinski definition) is 7. The molecule has 35 heavy (non-hydrogen) atoms. The molecule has 2 heterocycles. The third-order valence-electron chi connectivity index (χ3n) is 5.19. The fourth-order valence-electron chi connectivity index (χ4n) is 3.21. The van der Waals surface area contributed by atoms with E-state index in [0.717, 1.165) is 37.6 Å². The van der Waals surface area contributed by atoms with Gasteiger partial charge < -0.3 is 14.5 Å². The second kappa shape index (κ2) is 9.51. The maximum Gasteiger partial charge on any atom is 0.434 e. The van der Waals surface area contributed by atoms with E-state index >= 15 is 0 Å². The predicted molar refractivity (Wildman–Crippen MR) is 111 cm³/mol. The van der Waals surface area contributed by atoms with Crippen LogP contribution in [-0.2, 0) is 16.0 Å². The molecule has 192 valence electrons. The molecule has 1 aliphatic heterocycles. The van der Waals surface area contributed by atoms with Gasteiger partial charge in [-0.2, -0.15) is 26.3 Å². The number of alkyl halides is 6. The molecule has 0 bridgehead atoms. The van der Waals surface area contributed by atoms with Crippen LogP contribution in [0.25, 0.3) is 0 Å². The molecule has 0 aliphatic carbocycles. The minimum atomic E-state index is -4.72. The number of ether oxygens (including phenoxy) is 1. The van der Waals surface area contributed by atoms with Crippen LogP contribution in [0, 0.1) is 0 Å². The second-order valence-corrected chi connectivity index (χ2v) is 9.78. The van der Waals surface area contributed by atoms with Crippen molar-refractivity contribution >= 4 is 21.6 Å². The second-order valence-electron chi connectivity index (χ2n) is 7.77. The summed E-state index contributed by atoms with van der Waals surface area (Å²) in [6, 6.07) is 3.01. The number of halogens is 6. The van der Waals surface area contributed by atoms with Crippen molar-refractivity contribution in [3.05, 3.63) is 41.9 Å². The number of amides is 1. The Hall–Kier alpha value is -3.10. The molecule has 1 amide bonds. The number of aromatic nitrogens is 2. The molecule has 0 saturated carbocycles. The van der Waals surface area contributed by atoms with E-state index in [1.165, 1.54) is 4.90 Å². The fraction of sp³-hybridized carbons (Fsp3) is 0.450. The first-order chi connectivity index (χ1) is 16.1. The quantitative estimate of drug-likeness (QED) is 0.553. The van der Waals surface area contributed by atoms with E-state index in [2.05, 4.69) is 9.97 Å². The van der Waals surface area contributed by atoms with Crippen molar-refractivity contribution in [1.29, 1.82) is 0 Å². The molecule has 1 aliphatic rings. The van der Waals surface area contributed by atoms with Gasteiger partial charge in [-0.15, -0.1) is 0 Å². The molecule has 2 aromatic rings. The highest BCUT2D eigenvalue weighted by Gasteiger charge is 2.39. The summed E-state index contributed by atoms with van der Waals surface area (Å²) in [5.74, 6) is -1.02. The molecule has 1 atom stereocenters. The number of carbonyl (C=O) groups excluding carboxylic acids is 1. The lowest BCUT2D eigenvalue weighted by atomic mass is 10.1. The van der Waals surface area contributed by atoms with Crippen LogP contribution in [0.2, 0.25) is 0 Å². The van der Waals surface area contributed by atoms with Crippen molar-refractivity contribution in [2.75, 3.05) is 37.3 Å². The number of nitrogens with zero attached hydrogens (tertiary/aromatic N) is 4. The number of piperazine rings is 1. The average molecular weight is 526 g/mol. The fourth-order valence-corrected chi connectivity index (χ4v) is 3.85. The molecule has 1 aromatic carbocycles. The van der Waals surface area contributed by atoms with E-state index in [1.807, 2.05) is 0 Å². The van der Waals surface area contributed by atoms with E-state index in [9.17, 15) is 39.6 Å². The maximum atomic E-state index is 13.1. The number of anilines is 1. The van der Waals surface area contributed by atoms with Crippen molar-refractivity contribution < 1.29 is 44.3 Å². The molecule has 0 N–H and O–H groups in total. The van der Waals surface area contributed by atoms with Gasteiger partial charge in [0.1, 0.15) is 11.6 Å². The summed E-state index contributed by atoms with van der Waals surface area (Å²) in [6.07, 6.45) is -9.17. The van der Waals surface area contributed by atoms with Crippen molar-refractivity contribution in [1.82, 2.24) is 14.9 Å². The van der Waals surface area contributed by atoms with Gasteiger partial charge in [0.05, 0.1) is 22.9 Å². The van der Waals surface area contributed by atoms with E-state index < -0.39 is 45.6 Å². The van der Waals surface area contributed by atoms with Crippen LogP contribution in [0.3, 0.4) is 0 Å². The van der Waals surface area contributed by atoms with Crippen LogP contribution in [0.15, 0.2) is 35.5 Å². The molecular weight excluding hydrogens is 506 g/mol. The zero-order valence-electron chi connectivity index (χ0n) is 18.4. The van der Waals surface area contributed by atoms with Gasteiger partial charge >= 0.3 is 12.4 Å². The Labute approximate surface area is 196 Å². The van der Waals surface area contributed by atoms with Gasteiger partial charge in [0.2, 0.25) is 0 Å². The Morgan fingerprint density at radius 2 is 1.66 bits per heavy atom. The topological polar surface area (TPSA) is 92.7 Å². The van der Waals surface area contributed by atoms with Crippen molar-refractivity contribution in [3.8, 4) is 5.75 Å². The lowest BCUT2D eigenvalue weighted by Crippen LogP contribution is -2.49. The summed E-state index contributed by atoms with van der Waals surface area (Å²) < 4.78 is 106. The summed E-state index contributed by atoms with van der Waals surface area (Å²) >= 11 is 0. The maximum absolute atomic E-state index is 13.1. The zero-order chi connectivity index (χ0) is 26.2. The standard InChI is InChI=1S/C20H20F6N4O4S/c1-12(19(21,22)23)34-15-4-3-13(35(2,32)33)9-14(15)18(31)30-7-5-29(6-8-30)17-11-27-16(10-28-17)20(24,25)26/h3-4,9-12H,5-8H2,1-2H3/t12-/m0/s1. The first-order valence-corrected chi connectivity index (χ1v) is 12.0. The Morgan fingerprint density at radius 3 is 2.14 bits per heavy atom. The lowest BCUT2D eigenvalue weighted by Gasteiger charge is -2.35. The number of rotatable bonds is 5. The Balaban J connectivity index is 1.79. The number of hydrogen-bond donors (Lipinski definition) is 0. The smallest absolute Gasteiger partial charge is 0.434 e. The monoisotopic (exact) mass is 526 g/mol. The van der Waals surface area contributed by atoms with E-state index in [1.54, 1.807) is 4.90 Å². The third-order valence-corrected chi connectivity index (χ3v) is 6.30. The number of benzene rings is 1. The molecule has 0 spiro atoms. The molecule has 1 saturated heterocycles. The predicted octanol–water partition coefficient (Wildman–Crippen LogP) is 3.19. The van der Waals surface area contributed by atoms with Crippen molar-refractivity contribution in [2.24, 2.45) is 0 Å². The molecule has 1 aromatic heterocycles. The van der Waals surface area contributed by atoms with Gasteiger partial charge in [-0.05, 0) is 25.1 Å². The van der Waals surface area contributed by atoms with Crippen LogP contribution in [0.5, 0.6) is 5.75 Å². The van der Waals surface area contributed by atoms with Crippen molar-refractivity contribution in [3.63, 3.8) is 0 Å². The van der Waals surface area contributed by atoms with Gasteiger partial charge in [0.25, 0.3) is 5.91 Å². The minimum absolute atomic E-state index is 0.0406. The molecule has 1 fully saturated rings. The van der Waals surface area contributed by atoms with E-state index in [-0.39, 0.29) is 42.5 Å². The summed E-state index contributed by atoms with van der Waals surface area (Å²) in [5.41, 5.74) is -1.51. The lowest BCUT2D eigenvalue weighted by molar-refractivity contribution is -0.189. The highest BCUT2D eigenvalue weighted by Crippen LogP contribution is 2.31. The summed E-state index contributed by atoms with van der Waals surface area (Å²) in [5, 5.41) is 0. The van der Waals surface area contributed by atoms with Crippen LogP contribution < -0.4 is 9.64 Å². The van der Waals surface area contributed by atoms with Gasteiger partial charge in [-0.3, -0.25) is 4.79 Å². The molecule has 15 heteroatoms. The summed E-state index contributed by atoms with van der Waals surface area (Å²) in [4.78, 5) is 22.8. The average Bonchev–Trinajstić information content (AvgIpc) is 2.77. The Bertz CT molecular complexity index is 1180. The Kier molecular flexibility index (Phi) is 7.20. The van der Waals surface area contributed by atoms with Crippen LogP contribution in [-0.4, -0.2) is 73.9 Å². The minimum Gasteiger partial charge on any atom is -0.480 e. The normalized spacial score (nSPS) is 16.2. The van der Waals surface area contributed by atoms with Gasteiger partial charge in [0, 0.05) is 32.4 Å². The highest BCUT2D eigenvalue weighted by molar-refractivity contribution is 7.90. The van der Waals surface area contributed by atoms with Crippen LogP contribution in [0.1, 0.15) is 23.0 Å². The zero-order valence-corrected chi connectivity index (χ0v) is 19.2. The SMILES string of the molecule is C[C@H](Oc1ccc(S(C)(=O)=O)cc1C(=O)N1CCN(c2cnc(C(F)(F)F)cn2)CC1)C(F)(F)F. The van der Waals surface area contributed by atoms with Gasteiger partial charge in [-0.1, -0.05) is 0 Å². The van der Waals surface area contributed by atoms with Gasteiger partial charge in [-0.25, -0.2) is 18.4 Å². The molecule has 8 nitrogen and oxygen atoms in total. The largest absolute Gasteiger partial charge is 0.480 e. The first-order valence-electron chi connectivity index (χ1n) is 10.1. The molecule has 0 unspecified atom stereocenters. The number of sulfone groups is 1. The summed E-state index contributed by atoms with van der Waals surface area (Å²) in [6.45, 7) is 1.12. The molecule has 3 rings (SSSR count). The van der Waals surface area contributed by atoms with Crippen LogP contribution >= 0.6 is 0 Å². The van der Waals surface area contributed by atoms with E-state index in [0.29, 0.717) is 6.20 Å². The van der Waals surface area contributed by atoms with E-state index in [4.69, 9.17) is 4.74 Å². The van der Waals surface area contributed by atoms with Gasteiger partial charge in [0.15, 0.2) is 21.6 Å². The summed E-state index contributed by atoms with van der Waals surface area (Å²) in [7, 11) is -3.77. The third kappa shape index (κ3) is 6.32. The van der Waals surface area contributed by atoms with Crippen LogP contribution in [0.4, 0.5) is 32.2 Å². The Morgan fingerprint density at radius 1 is 1.03 bits per heavy atom. The van der Waals surface area contributed by atoms with Crippen molar-refractivity contribution in [2.45, 2.75) is 30.3 Å².